The molecule has 0 saturated carbocycles. The molecular formula is C13H13N5O. The van der Waals surface area contributed by atoms with Crippen LogP contribution in [-0.2, 0) is 7.05 Å². The van der Waals surface area contributed by atoms with E-state index < -0.39 is 0 Å². The van der Waals surface area contributed by atoms with Crippen molar-refractivity contribution in [2.24, 2.45) is 7.05 Å². The predicted octanol–water partition coefficient (Wildman–Crippen LogP) is 2.03. The molecule has 2 N–H and O–H groups in total. The standard InChI is InChI=1S/C13H13N5O/c1-8-5-9(3-4-10(8)14)13-16-12(17-19-13)11-6-15-7-18(11)2/h3-7H,14H2,1-2H3. The predicted molar refractivity (Wildman–Crippen MR) is 71.1 cm³/mol. The van der Waals surface area contributed by atoms with E-state index in [4.69, 9.17) is 10.3 Å². The third kappa shape index (κ3) is 1.97. The quantitative estimate of drug-likeness (QED) is 0.708. The maximum atomic E-state index is 5.79. The smallest absolute Gasteiger partial charge is 0.258 e. The Bertz CT molecular complexity index is 728. The van der Waals surface area contributed by atoms with Crippen LogP contribution in [0, 0.1) is 6.92 Å². The Hall–Kier alpha value is -2.63. The molecule has 0 aliphatic heterocycles. The molecule has 0 fully saturated rings. The van der Waals surface area contributed by atoms with Gasteiger partial charge < -0.3 is 14.8 Å². The first-order valence-corrected chi connectivity index (χ1v) is 5.82. The van der Waals surface area contributed by atoms with Crippen LogP contribution >= 0.6 is 0 Å². The van der Waals surface area contributed by atoms with Crippen LogP contribution in [0.5, 0.6) is 0 Å². The number of anilines is 1. The molecule has 0 radical (unpaired) electrons. The van der Waals surface area contributed by atoms with Crippen molar-refractivity contribution in [1.29, 1.82) is 0 Å². The van der Waals surface area contributed by atoms with E-state index in [1.807, 2.05) is 36.7 Å². The van der Waals surface area contributed by atoms with E-state index in [-0.39, 0.29) is 0 Å². The van der Waals surface area contributed by atoms with Crippen LogP contribution in [0.25, 0.3) is 23.0 Å². The molecule has 3 aromatic rings. The van der Waals surface area contributed by atoms with Gasteiger partial charge in [-0.05, 0) is 30.7 Å². The lowest BCUT2D eigenvalue weighted by Crippen LogP contribution is -1.91. The SMILES string of the molecule is Cc1cc(-c2nc(-c3cncn3C)no2)ccc1N. The topological polar surface area (TPSA) is 82.8 Å². The number of aryl methyl sites for hydroxylation is 2. The zero-order valence-electron chi connectivity index (χ0n) is 10.7. The summed E-state index contributed by atoms with van der Waals surface area (Å²) in [7, 11) is 1.88. The molecular weight excluding hydrogens is 242 g/mol. The van der Waals surface area contributed by atoms with Crippen LogP contribution in [-0.4, -0.2) is 19.7 Å². The van der Waals surface area contributed by atoms with Gasteiger partial charge in [0.1, 0.15) is 5.69 Å². The van der Waals surface area contributed by atoms with Crippen molar-refractivity contribution < 1.29 is 4.52 Å². The van der Waals surface area contributed by atoms with E-state index in [0.717, 1.165) is 22.5 Å². The first-order valence-electron chi connectivity index (χ1n) is 5.82. The fourth-order valence-electron chi connectivity index (χ4n) is 1.83. The van der Waals surface area contributed by atoms with Crippen molar-refractivity contribution in [1.82, 2.24) is 19.7 Å². The van der Waals surface area contributed by atoms with Crippen LogP contribution in [0.15, 0.2) is 35.2 Å². The number of imidazole rings is 1. The second-order valence-electron chi connectivity index (χ2n) is 4.38. The van der Waals surface area contributed by atoms with Crippen molar-refractivity contribution >= 4 is 5.69 Å². The third-order valence-electron chi connectivity index (χ3n) is 2.99. The lowest BCUT2D eigenvalue weighted by molar-refractivity contribution is 0.432. The van der Waals surface area contributed by atoms with E-state index in [2.05, 4.69) is 15.1 Å². The van der Waals surface area contributed by atoms with E-state index in [1.54, 1.807) is 12.5 Å². The highest BCUT2D eigenvalue weighted by molar-refractivity contribution is 5.62. The number of nitrogens with two attached hydrogens (primary N) is 1. The van der Waals surface area contributed by atoms with Gasteiger partial charge in [0.15, 0.2) is 0 Å². The number of nitrogen functional groups attached to an aromatic ring is 1. The van der Waals surface area contributed by atoms with Gasteiger partial charge in [0.05, 0.1) is 12.5 Å². The average molecular weight is 255 g/mol. The Morgan fingerprint density at radius 3 is 2.84 bits per heavy atom. The van der Waals surface area contributed by atoms with Gasteiger partial charge in [0, 0.05) is 18.3 Å². The third-order valence-corrected chi connectivity index (χ3v) is 2.99. The Morgan fingerprint density at radius 1 is 1.32 bits per heavy atom. The van der Waals surface area contributed by atoms with Gasteiger partial charge in [-0.3, -0.25) is 0 Å². The molecule has 19 heavy (non-hydrogen) atoms. The second-order valence-corrected chi connectivity index (χ2v) is 4.38. The number of nitrogens with zero attached hydrogens (tertiary/aromatic N) is 4. The van der Waals surface area contributed by atoms with Crippen molar-refractivity contribution in [3.63, 3.8) is 0 Å². The molecule has 0 unspecified atom stereocenters. The van der Waals surface area contributed by atoms with Crippen molar-refractivity contribution in [2.45, 2.75) is 6.92 Å². The van der Waals surface area contributed by atoms with Crippen molar-refractivity contribution in [3.8, 4) is 23.0 Å². The summed E-state index contributed by atoms with van der Waals surface area (Å²) in [4.78, 5) is 8.41. The zero-order chi connectivity index (χ0) is 13.4. The summed E-state index contributed by atoms with van der Waals surface area (Å²) in [5, 5.41) is 3.97. The maximum Gasteiger partial charge on any atom is 0.258 e. The van der Waals surface area contributed by atoms with Gasteiger partial charge in [-0.2, -0.15) is 4.98 Å². The minimum Gasteiger partial charge on any atom is -0.399 e. The largest absolute Gasteiger partial charge is 0.399 e. The van der Waals surface area contributed by atoms with Gasteiger partial charge in [0.2, 0.25) is 5.82 Å². The summed E-state index contributed by atoms with van der Waals surface area (Å²) >= 11 is 0. The maximum absolute atomic E-state index is 5.79. The molecule has 0 aliphatic rings. The number of hydrogen-bond donors (Lipinski definition) is 1. The zero-order valence-corrected chi connectivity index (χ0v) is 10.7. The summed E-state index contributed by atoms with van der Waals surface area (Å²) < 4.78 is 7.12. The van der Waals surface area contributed by atoms with Gasteiger partial charge in [-0.15, -0.1) is 0 Å². The molecule has 96 valence electrons. The summed E-state index contributed by atoms with van der Waals surface area (Å²) in [5.41, 5.74) is 9.18. The molecule has 0 bridgehead atoms. The van der Waals surface area contributed by atoms with E-state index in [9.17, 15) is 0 Å². The van der Waals surface area contributed by atoms with Crippen LogP contribution in [0.4, 0.5) is 5.69 Å². The Balaban J connectivity index is 2.01. The van der Waals surface area contributed by atoms with Gasteiger partial charge in [-0.1, -0.05) is 5.16 Å². The highest BCUT2D eigenvalue weighted by Crippen LogP contribution is 2.24. The molecule has 0 amide bonds. The van der Waals surface area contributed by atoms with Crippen LogP contribution in [0.3, 0.4) is 0 Å². The molecule has 0 saturated heterocycles. The van der Waals surface area contributed by atoms with Crippen LogP contribution < -0.4 is 5.73 Å². The fourth-order valence-corrected chi connectivity index (χ4v) is 1.83. The molecule has 1 aromatic carbocycles. The molecule has 6 nitrogen and oxygen atoms in total. The van der Waals surface area contributed by atoms with E-state index in [1.165, 1.54) is 0 Å². The summed E-state index contributed by atoms with van der Waals surface area (Å²) in [6.45, 7) is 1.94. The number of aromatic nitrogens is 4. The normalized spacial score (nSPS) is 10.8. The lowest BCUT2D eigenvalue weighted by atomic mass is 10.1. The van der Waals surface area contributed by atoms with Crippen LogP contribution in [0.1, 0.15) is 5.56 Å². The molecule has 0 spiro atoms. The second kappa shape index (κ2) is 4.24. The van der Waals surface area contributed by atoms with E-state index in [0.29, 0.717) is 11.7 Å². The lowest BCUT2D eigenvalue weighted by Gasteiger charge is -2.00. The van der Waals surface area contributed by atoms with E-state index >= 15 is 0 Å². The number of rotatable bonds is 2. The molecule has 0 aliphatic carbocycles. The summed E-state index contributed by atoms with van der Waals surface area (Å²) in [6.07, 6.45) is 3.39. The minimum absolute atomic E-state index is 0.472. The van der Waals surface area contributed by atoms with Crippen molar-refractivity contribution in [2.75, 3.05) is 5.73 Å². The molecule has 3 rings (SSSR count). The first kappa shape index (κ1) is 11.5. The fraction of sp³-hybridized carbons (Fsp3) is 0.154. The minimum atomic E-state index is 0.472. The van der Waals surface area contributed by atoms with Gasteiger partial charge in [0.25, 0.3) is 5.89 Å². The molecule has 2 aromatic heterocycles. The Labute approximate surface area is 109 Å². The molecule has 6 heteroatoms. The highest BCUT2D eigenvalue weighted by atomic mass is 16.5. The molecule has 2 heterocycles. The Kier molecular flexibility index (Phi) is 2.56. The van der Waals surface area contributed by atoms with Crippen LogP contribution in [0.2, 0.25) is 0 Å². The summed E-state index contributed by atoms with van der Waals surface area (Å²) in [6, 6.07) is 5.62. The van der Waals surface area contributed by atoms with Crippen molar-refractivity contribution in [3.05, 3.63) is 36.3 Å². The monoisotopic (exact) mass is 255 g/mol. The Morgan fingerprint density at radius 2 is 2.16 bits per heavy atom. The number of benzene rings is 1. The number of hydrogen-bond acceptors (Lipinski definition) is 5. The first-order chi connectivity index (χ1) is 9.15. The summed E-state index contributed by atoms with van der Waals surface area (Å²) in [5.74, 6) is 0.990. The highest BCUT2D eigenvalue weighted by Gasteiger charge is 2.13. The van der Waals surface area contributed by atoms with Gasteiger partial charge in [-0.25, -0.2) is 4.98 Å². The molecule has 0 atom stereocenters. The van der Waals surface area contributed by atoms with Gasteiger partial charge >= 0.3 is 0 Å². The average Bonchev–Trinajstić information content (AvgIpc) is 3.01.